The maximum Gasteiger partial charge on any atom is 0.272 e. The van der Waals surface area contributed by atoms with Crippen molar-refractivity contribution in [2.24, 2.45) is 7.05 Å². The molecule has 0 aromatic carbocycles. The van der Waals surface area contributed by atoms with Gasteiger partial charge in [-0.15, -0.1) is 0 Å². The average Bonchev–Trinajstić information content (AvgIpc) is 2.68. The van der Waals surface area contributed by atoms with E-state index in [0.717, 1.165) is 0 Å². The molecule has 0 aliphatic rings. The molecule has 5 nitrogen and oxygen atoms in total. The van der Waals surface area contributed by atoms with Crippen molar-refractivity contribution < 1.29 is 4.79 Å². The van der Waals surface area contributed by atoms with Gasteiger partial charge in [-0.2, -0.15) is 0 Å². The highest BCUT2D eigenvalue weighted by molar-refractivity contribution is 6.42. The summed E-state index contributed by atoms with van der Waals surface area (Å²) in [5.74, 6) is -0.345. The van der Waals surface area contributed by atoms with E-state index >= 15 is 0 Å². The number of aryl methyl sites for hydroxylation is 1. The SMILES string of the molecule is CCn1cc(NC(=O)c2cc(Cl)c(Cl)n2C)ccc1=O. The lowest BCUT2D eigenvalue weighted by molar-refractivity contribution is 0.101. The molecule has 2 aromatic heterocycles. The standard InChI is InChI=1S/C13H13Cl2N3O2/c1-3-18-7-8(4-5-11(18)19)16-13(20)10-6-9(14)12(15)17(10)2/h4-7H,3H2,1-2H3,(H,16,20). The van der Waals surface area contributed by atoms with Gasteiger partial charge in [-0.1, -0.05) is 23.2 Å². The molecule has 2 heterocycles. The number of nitrogens with one attached hydrogen (secondary N) is 1. The molecular weight excluding hydrogens is 301 g/mol. The molecule has 1 N–H and O–H groups in total. The van der Waals surface area contributed by atoms with E-state index < -0.39 is 0 Å². The molecule has 20 heavy (non-hydrogen) atoms. The van der Waals surface area contributed by atoms with Crippen LogP contribution in [0.1, 0.15) is 17.4 Å². The quantitative estimate of drug-likeness (QED) is 0.947. The maximum atomic E-state index is 12.1. The van der Waals surface area contributed by atoms with E-state index in [1.807, 2.05) is 6.92 Å². The Bertz CT molecular complexity index is 719. The second kappa shape index (κ2) is 5.73. The molecule has 1 amide bonds. The first-order chi connectivity index (χ1) is 9.43. The Morgan fingerprint density at radius 2 is 2.05 bits per heavy atom. The third-order valence-electron chi connectivity index (χ3n) is 2.93. The minimum atomic E-state index is -0.345. The van der Waals surface area contributed by atoms with E-state index in [1.54, 1.807) is 19.3 Å². The topological polar surface area (TPSA) is 56.0 Å². The lowest BCUT2D eigenvalue weighted by atomic mass is 10.3. The Labute approximate surface area is 125 Å². The van der Waals surface area contributed by atoms with Crippen LogP contribution in [0.4, 0.5) is 5.69 Å². The van der Waals surface area contributed by atoms with Crippen molar-refractivity contribution in [3.05, 3.63) is 50.6 Å². The van der Waals surface area contributed by atoms with Gasteiger partial charge in [0, 0.05) is 25.9 Å². The third kappa shape index (κ3) is 2.73. The van der Waals surface area contributed by atoms with Crippen LogP contribution < -0.4 is 10.9 Å². The van der Waals surface area contributed by atoms with E-state index in [2.05, 4.69) is 5.32 Å². The highest BCUT2D eigenvalue weighted by Crippen LogP contribution is 2.25. The Morgan fingerprint density at radius 3 is 2.60 bits per heavy atom. The number of rotatable bonds is 3. The fraction of sp³-hybridized carbons (Fsp3) is 0.231. The normalized spacial score (nSPS) is 10.6. The zero-order valence-corrected chi connectivity index (χ0v) is 12.5. The van der Waals surface area contributed by atoms with Gasteiger partial charge >= 0.3 is 0 Å². The summed E-state index contributed by atoms with van der Waals surface area (Å²) in [6.07, 6.45) is 1.59. The highest BCUT2D eigenvalue weighted by atomic mass is 35.5. The van der Waals surface area contributed by atoms with Crippen molar-refractivity contribution >= 4 is 34.8 Å². The predicted octanol–water partition coefficient (Wildman–Crippen LogP) is 2.77. The van der Waals surface area contributed by atoms with E-state index in [4.69, 9.17) is 23.2 Å². The summed E-state index contributed by atoms with van der Waals surface area (Å²) in [6.45, 7) is 2.38. The number of pyridine rings is 1. The van der Waals surface area contributed by atoms with Crippen LogP contribution in [0, 0.1) is 0 Å². The fourth-order valence-corrected chi connectivity index (χ4v) is 2.18. The van der Waals surface area contributed by atoms with Crippen LogP contribution in [-0.2, 0) is 13.6 Å². The molecule has 0 spiro atoms. The smallest absolute Gasteiger partial charge is 0.272 e. The number of nitrogens with zero attached hydrogens (tertiary/aromatic N) is 2. The minimum Gasteiger partial charge on any atom is -0.329 e. The molecule has 2 aromatic rings. The molecule has 0 saturated carbocycles. The summed E-state index contributed by atoms with van der Waals surface area (Å²) in [5.41, 5.74) is 0.759. The summed E-state index contributed by atoms with van der Waals surface area (Å²) in [6, 6.07) is 4.46. The van der Waals surface area contributed by atoms with E-state index in [0.29, 0.717) is 28.1 Å². The van der Waals surface area contributed by atoms with Gasteiger partial charge in [0.05, 0.1) is 10.7 Å². The number of carbonyl (C=O) groups excluding carboxylic acids is 1. The van der Waals surface area contributed by atoms with Gasteiger partial charge in [0.1, 0.15) is 10.8 Å². The van der Waals surface area contributed by atoms with Gasteiger partial charge in [0.15, 0.2) is 0 Å². The first-order valence-electron chi connectivity index (χ1n) is 5.96. The number of anilines is 1. The van der Waals surface area contributed by atoms with Crippen LogP contribution in [0.2, 0.25) is 10.2 Å². The van der Waals surface area contributed by atoms with E-state index in [1.165, 1.54) is 21.3 Å². The van der Waals surface area contributed by atoms with E-state index in [9.17, 15) is 9.59 Å². The number of hydrogen-bond donors (Lipinski definition) is 1. The van der Waals surface area contributed by atoms with Gasteiger partial charge in [0.2, 0.25) is 0 Å². The van der Waals surface area contributed by atoms with Crippen molar-refractivity contribution in [3.63, 3.8) is 0 Å². The van der Waals surface area contributed by atoms with Crippen molar-refractivity contribution in [2.75, 3.05) is 5.32 Å². The maximum absolute atomic E-state index is 12.1. The van der Waals surface area contributed by atoms with Crippen LogP contribution in [-0.4, -0.2) is 15.0 Å². The molecule has 2 rings (SSSR count). The summed E-state index contributed by atoms with van der Waals surface area (Å²) in [4.78, 5) is 23.6. The van der Waals surface area contributed by atoms with Gasteiger partial charge in [-0.3, -0.25) is 9.59 Å². The van der Waals surface area contributed by atoms with Gasteiger partial charge < -0.3 is 14.5 Å². The number of aromatic nitrogens is 2. The molecule has 0 aliphatic carbocycles. The van der Waals surface area contributed by atoms with Crippen molar-refractivity contribution in [2.45, 2.75) is 13.5 Å². The zero-order chi connectivity index (χ0) is 14.9. The fourth-order valence-electron chi connectivity index (χ4n) is 1.81. The first-order valence-corrected chi connectivity index (χ1v) is 6.72. The average molecular weight is 314 g/mol. The molecule has 106 valence electrons. The summed E-state index contributed by atoms with van der Waals surface area (Å²) in [5, 5.41) is 3.32. The Balaban J connectivity index is 2.28. The Hall–Kier alpha value is -1.72. The molecule has 0 radical (unpaired) electrons. The third-order valence-corrected chi connectivity index (χ3v) is 3.77. The second-order valence-corrected chi connectivity index (χ2v) is 4.99. The predicted molar refractivity (Wildman–Crippen MR) is 79.8 cm³/mol. The summed E-state index contributed by atoms with van der Waals surface area (Å²) >= 11 is 11.8. The monoisotopic (exact) mass is 313 g/mol. The number of hydrogen-bond acceptors (Lipinski definition) is 2. The molecule has 0 fully saturated rings. The van der Waals surface area contributed by atoms with Crippen LogP contribution >= 0.6 is 23.2 Å². The van der Waals surface area contributed by atoms with Crippen molar-refractivity contribution in [1.29, 1.82) is 0 Å². The number of halogens is 2. The van der Waals surface area contributed by atoms with Crippen molar-refractivity contribution in [3.8, 4) is 0 Å². The van der Waals surface area contributed by atoms with Gasteiger partial charge in [-0.25, -0.2) is 0 Å². The molecule has 0 saturated heterocycles. The molecule has 0 unspecified atom stereocenters. The molecular formula is C13H13Cl2N3O2. The van der Waals surface area contributed by atoms with Gasteiger partial charge in [0.25, 0.3) is 11.5 Å². The molecule has 7 heteroatoms. The van der Waals surface area contributed by atoms with Crippen molar-refractivity contribution in [1.82, 2.24) is 9.13 Å². The van der Waals surface area contributed by atoms with Gasteiger partial charge in [-0.05, 0) is 19.1 Å². The second-order valence-electron chi connectivity index (χ2n) is 4.22. The summed E-state index contributed by atoms with van der Waals surface area (Å²) < 4.78 is 3.00. The zero-order valence-electron chi connectivity index (χ0n) is 11.0. The molecule has 0 atom stereocenters. The summed E-state index contributed by atoms with van der Waals surface area (Å²) in [7, 11) is 1.65. The van der Waals surface area contributed by atoms with Crippen LogP contribution in [0.5, 0.6) is 0 Å². The van der Waals surface area contributed by atoms with Crippen LogP contribution in [0.3, 0.4) is 0 Å². The Kier molecular flexibility index (Phi) is 4.20. The van der Waals surface area contributed by atoms with Crippen LogP contribution in [0.15, 0.2) is 29.2 Å². The lowest BCUT2D eigenvalue weighted by Crippen LogP contribution is -2.20. The number of amides is 1. The highest BCUT2D eigenvalue weighted by Gasteiger charge is 2.16. The molecule has 0 bridgehead atoms. The minimum absolute atomic E-state index is 0.115. The molecule has 0 aliphatic heterocycles. The lowest BCUT2D eigenvalue weighted by Gasteiger charge is -2.08. The van der Waals surface area contributed by atoms with E-state index in [-0.39, 0.29) is 11.5 Å². The Morgan fingerprint density at radius 1 is 1.35 bits per heavy atom. The first kappa shape index (κ1) is 14.7. The van der Waals surface area contributed by atoms with Crippen LogP contribution in [0.25, 0.3) is 0 Å². The number of carbonyl (C=O) groups is 1. The largest absolute Gasteiger partial charge is 0.329 e.